The van der Waals surface area contributed by atoms with E-state index < -0.39 is 0 Å². The van der Waals surface area contributed by atoms with Crippen molar-refractivity contribution in [1.82, 2.24) is 9.38 Å². The number of ether oxygens (including phenoxy) is 3. The molecule has 3 aromatic carbocycles. The van der Waals surface area contributed by atoms with Crippen LogP contribution in [0.25, 0.3) is 22.1 Å². The smallest absolute Gasteiger partial charge is 0.274 e. The summed E-state index contributed by atoms with van der Waals surface area (Å²) in [5.41, 5.74) is 3.30. The van der Waals surface area contributed by atoms with Gasteiger partial charge in [-0.15, -0.1) is 0 Å². The number of nitrogens with zero attached hydrogens (tertiary/aromatic N) is 2. The van der Waals surface area contributed by atoms with Crippen LogP contribution in [-0.4, -0.2) is 29.2 Å². The monoisotopic (exact) mass is 506 g/mol. The van der Waals surface area contributed by atoms with E-state index in [1.807, 2.05) is 68.4 Å². The van der Waals surface area contributed by atoms with Crippen LogP contribution in [0.5, 0.6) is 17.2 Å². The first kappa shape index (κ1) is 23.2. The summed E-state index contributed by atoms with van der Waals surface area (Å²) in [6.07, 6.45) is 1.80. The van der Waals surface area contributed by atoms with E-state index in [1.165, 1.54) is 11.3 Å². The first-order chi connectivity index (χ1) is 17.0. The lowest BCUT2D eigenvalue weighted by Gasteiger charge is -2.15. The maximum Gasteiger partial charge on any atom is 0.274 e. The molecule has 0 amide bonds. The first-order valence-corrected chi connectivity index (χ1v) is 12.4. The van der Waals surface area contributed by atoms with Crippen LogP contribution >= 0.6 is 22.9 Å². The molecule has 0 N–H and O–H groups in total. The Hall–Kier alpha value is -3.55. The average Bonchev–Trinajstić information content (AvgIpc) is 3.35. The van der Waals surface area contributed by atoms with Crippen molar-refractivity contribution in [3.63, 3.8) is 0 Å². The van der Waals surface area contributed by atoms with Crippen LogP contribution in [-0.2, 0) is 0 Å². The summed E-state index contributed by atoms with van der Waals surface area (Å²) in [5.74, 6) is 1.79. The standard InChI is InChI=1S/C27H23ClN2O4S/c1-3-32-23-15-18(14-19(28)25(23)34-13-12-33-22-11-7-4-8-17(22)2)16-24-26(31)30-21-10-6-5-9-20(21)29-27(30)35-24/h4-11,14-16H,3,12-13H2,1-2H3. The number of hydrogen-bond acceptors (Lipinski definition) is 6. The highest BCUT2D eigenvalue weighted by Gasteiger charge is 2.14. The van der Waals surface area contributed by atoms with E-state index >= 15 is 0 Å². The SMILES string of the molecule is CCOc1cc(C=c2sc3nc4ccccc4n3c2=O)cc(Cl)c1OCCOc1ccccc1C. The van der Waals surface area contributed by atoms with Crippen molar-refractivity contribution in [2.45, 2.75) is 13.8 Å². The van der Waals surface area contributed by atoms with Gasteiger partial charge in [0.2, 0.25) is 0 Å². The van der Waals surface area contributed by atoms with Crippen LogP contribution in [0, 0.1) is 6.92 Å². The zero-order valence-electron chi connectivity index (χ0n) is 19.3. The fraction of sp³-hybridized carbons (Fsp3) is 0.185. The highest BCUT2D eigenvalue weighted by molar-refractivity contribution is 7.15. The molecule has 0 bridgehead atoms. The Morgan fingerprint density at radius 3 is 2.60 bits per heavy atom. The predicted molar refractivity (Wildman–Crippen MR) is 140 cm³/mol. The molecule has 0 radical (unpaired) electrons. The van der Waals surface area contributed by atoms with Crippen LogP contribution in [0.15, 0.2) is 65.5 Å². The van der Waals surface area contributed by atoms with Crippen molar-refractivity contribution in [2.24, 2.45) is 0 Å². The van der Waals surface area contributed by atoms with Gasteiger partial charge < -0.3 is 14.2 Å². The summed E-state index contributed by atoms with van der Waals surface area (Å²) in [7, 11) is 0. The largest absolute Gasteiger partial charge is 0.490 e. The minimum absolute atomic E-state index is 0.110. The number of thiazole rings is 1. The predicted octanol–water partition coefficient (Wildman–Crippen LogP) is 5.28. The van der Waals surface area contributed by atoms with Gasteiger partial charge in [-0.3, -0.25) is 4.79 Å². The van der Waals surface area contributed by atoms with Crippen molar-refractivity contribution in [3.05, 3.63) is 91.7 Å². The van der Waals surface area contributed by atoms with Gasteiger partial charge in [0, 0.05) is 0 Å². The van der Waals surface area contributed by atoms with Gasteiger partial charge in [-0.25, -0.2) is 9.38 Å². The van der Waals surface area contributed by atoms with Gasteiger partial charge in [0.25, 0.3) is 5.56 Å². The van der Waals surface area contributed by atoms with Gasteiger partial charge in [0.15, 0.2) is 16.5 Å². The quantitative estimate of drug-likeness (QED) is 0.268. The molecule has 35 heavy (non-hydrogen) atoms. The van der Waals surface area contributed by atoms with Gasteiger partial charge in [-0.1, -0.05) is 53.3 Å². The lowest BCUT2D eigenvalue weighted by molar-refractivity contribution is 0.208. The summed E-state index contributed by atoms with van der Waals surface area (Å²) >= 11 is 7.92. The number of para-hydroxylation sites is 3. The summed E-state index contributed by atoms with van der Waals surface area (Å²) in [5, 5.41) is 0.400. The van der Waals surface area contributed by atoms with E-state index in [0.717, 1.165) is 27.9 Å². The zero-order valence-corrected chi connectivity index (χ0v) is 20.9. The van der Waals surface area contributed by atoms with E-state index in [0.29, 0.717) is 45.8 Å². The minimum Gasteiger partial charge on any atom is -0.490 e. The van der Waals surface area contributed by atoms with Crippen molar-refractivity contribution in [2.75, 3.05) is 19.8 Å². The third kappa shape index (κ3) is 4.70. The van der Waals surface area contributed by atoms with Crippen LogP contribution in [0.1, 0.15) is 18.1 Å². The van der Waals surface area contributed by atoms with Gasteiger partial charge in [-0.2, -0.15) is 0 Å². The lowest BCUT2D eigenvalue weighted by Crippen LogP contribution is -2.22. The molecule has 0 spiro atoms. The number of hydrogen-bond donors (Lipinski definition) is 0. The van der Waals surface area contributed by atoms with Crippen molar-refractivity contribution in [1.29, 1.82) is 0 Å². The van der Waals surface area contributed by atoms with Crippen molar-refractivity contribution < 1.29 is 14.2 Å². The number of aromatic nitrogens is 2. The fourth-order valence-corrected chi connectivity index (χ4v) is 5.11. The molecule has 2 aromatic heterocycles. The molecule has 6 nitrogen and oxygen atoms in total. The molecular formula is C27H23ClN2O4S. The molecule has 5 rings (SSSR count). The first-order valence-electron chi connectivity index (χ1n) is 11.2. The summed E-state index contributed by atoms with van der Waals surface area (Å²) < 4.78 is 19.7. The van der Waals surface area contributed by atoms with Gasteiger partial charge in [0.05, 0.1) is 27.2 Å². The second-order valence-electron chi connectivity index (χ2n) is 7.86. The molecule has 0 atom stereocenters. The molecular weight excluding hydrogens is 484 g/mol. The third-order valence-electron chi connectivity index (χ3n) is 5.46. The topological polar surface area (TPSA) is 62.1 Å². The normalized spacial score (nSPS) is 11.9. The maximum absolute atomic E-state index is 13.1. The highest BCUT2D eigenvalue weighted by Crippen LogP contribution is 2.37. The number of halogens is 1. The molecule has 8 heteroatoms. The summed E-state index contributed by atoms with van der Waals surface area (Å²) in [6, 6.07) is 19.0. The average molecular weight is 507 g/mol. The second kappa shape index (κ2) is 9.98. The number of rotatable bonds is 8. The van der Waals surface area contributed by atoms with E-state index in [4.69, 9.17) is 25.8 Å². The van der Waals surface area contributed by atoms with Crippen LogP contribution in [0.4, 0.5) is 0 Å². The van der Waals surface area contributed by atoms with Crippen LogP contribution < -0.4 is 24.3 Å². The number of aryl methyl sites for hydroxylation is 1. The highest BCUT2D eigenvalue weighted by atomic mass is 35.5. The van der Waals surface area contributed by atoms with E-state index in [-0.39, 0.29) is 5.56 Å². The van der Waals surface area contributed by atoms with Gasteiger partial charge in [0.1, 0.15) is 19.0 Å². The Labute approximate surface area is 211 Å². The summed E-state index contributed by atoms with van der Waals surface area (Å²) in [6.45, 7) is 5.00. The maximum atomic E-state index is 13.1. The Kier molecular flexibility index (Phi) is 6.61. The lowest BCUT2D eigenvalue weighted by atomic mass is 10.2. The molecule has 0 aliphatic rings. The summed E-state index contributed by atoms with van der Waals surface area (Å²) in [4.78, 5) is 18.3. The molecule has 5 aromatic rings. The molecule has 0 aliphatic carbocycles. The molecule has 0 unspecified atom stereocenters. The number of benzene rings is 3. The molecule has 0 saturated heterocycles. The molecule has 178 valence electrons. The van der Waals surface area contributed by atoms with Gasteiger partial charge >= 0.3 is 0 Å². The zero-order chi connectivity index (χ0) is 24.4. The van der Waals surface area contributed by atoms with Crippen LogP contribution in [0.3, 0.4) is 0 Å². The molecule has 0 fully saturated rings. The van der Waals surface area contributed by atoms with E-state index in [1.54, 1.807) is 16.5 Å². The minimum atomic E-state index is -0.110. The Morgan fingerprint density at radius 1 is 1.00 bits per heavy atom. The van der Waals surface area contributed by atoms with E-state index in [9.17, 15) is 4.79 Å². The Balaban J connectivity index is 1.41. The molecule has 2 heterocycles. The third-order valence-corrected chi connectivity index (χ3v) is 6.71. The number of imidazole rings is 1. The Morgan fingerprint density at radius 2 is 1.77 bits per heavy atom. The fourth-order valence-electron chi connectivity index (χ4n) is 3.85. The van der Waals surface area contributed by atoms with Crippen molar-refractivity contribution in [3.8, 4) is 17.2 Å². The second-order valence-corrected chi connectivity index (χ2v) is 9.28. The van der Waals surface area contributed by atoms with Crippen LogP contribution in [0.2, 0.25) is 5.02 Å². The Bertz CT molecular complexity index is 1630. The van der Waals surface area contributed by atoms with E-state index in [2.05, 4.69) is 4.98 Å². The molecule has 0 aliphatic heterocycles. The van der Waals surface area contributed by atoms with Gasteiger partial charge in [-0.05, 0) is 61.4 Å². The molecule has 0 saturated carbocycles. The van der Waals surface area contributed by atoms with Crippen molar-refractivity contribution >= 4 is 45.0 Å². The number of fused-ring (bicyclic) bond motifs is 3.